The fourth-order valence-electron chi connectivity index (χ4n) is 2.38. The van der Waals surface area contributed by atoms with Crippen LogP contribution >= 0.6 is 11.6 Å². The highest BCUT2D eigenvalue weighted by atomic mass is 35.5. The molecule has 0 bridgehead atoms. The third-order valence-electron chi connectivity index (χ3n) is 3.36. The Morgan fingerprint density at radius 3 is 3.00 bits per heavy atom. The largest absolute Gasteiger partial charge is 0.327 e. The average molecular weight is 277 g/mol. The lowest BCUT2D eigenvalue weighted by Gasteiger charge is -2.15. The average Bonchev–Trinajstić information content (AvgIpc) is 2.36. The van der Waals surface area contributed by atoms with Crippen LogP contribution in [0.15, 0.2) is 41.2 Å². The van der Waals surface area contributed by atoms with Gasteiger partial charge in [-0.05, 0) is 61.8 Å². The van der Waals surface area contributed by atoms with Crippen molar-refractivity contribution in [2.24, 2.45) is 5.73 Å². The summed E-state index contributed by atoms with van der Waals surface area (Å²) in [4.78, 5) is 4.21. The molecule has 1 aliphatic carbocycles. The van der Waals surface area contributed by atoms with Gasteiger partial charge >= 0.3 is 0 Å². The SMILES string of the molecule is Cc1cncc(CCC(N)CC2=CCCC(Cl)=C2)c1. The number of pyridine rings is 1. The number of allylic oxidation sites excluding steroid dienone is 3. The summed E-state index contributed by atoms with van der Waals surface area (Å²) < 4.78 is 0. The Morgan fingerprint density at radius 1 is 1.42 bits per heavy atom. The van der Waals surface area contributed by atoms with Gasteiger partial charge < -0.3 is 5.73 Å². The van der Waals surface area contributed by atoms with Crippen LogP contribution in [-0.2, 0) is 6.42 Å². The minimum atomic E-state index is 0.186. The van der Waals surface area contributed by atoms with E-state index in [0.29, 0.717) is 0 Å². The van der Waals surface area contributed by atoms with Crippen molar-refractivity contribution in [1.29, 1.82) is 0 Å². The van der Waals surface area contributed by atoms with E-state index in [0.717, 1.165) is 37.1 Å². The minimum absolute atomic E-state index is 0.186. The summed E-state index contributed by atoms with van der Waals surface area (Å²) in [6.07, 6.45) is 13.0. The quantitative estimate of drug-likeness (QED) is 0.886. The molecule has 2 rings (SSSR count). The first-order chi connectivity index (χ1) is 9.13. The van der Waals surface area contributed by atoms with Crippen molar-refractivity contribution in [3.63, 3.8) is 0 Å². The predicted octanol–water partition coefficient (Wildman–Crippen LogP) is 3.88. The molecule has 0 aliphatic heterocycles. The topological polar surface area (TPSA) is 38.9 Å². The summed E-state index contributed by atoms with van der Waals surface area (Å²) in [5.41, 5.74) is 9.96. The Hall–Kier alpha value is -1.12. The van der Waals surface area contributed by atoms with Crippen molar-refractivity contribution in [3.8, 4) is 0 Å². The molecule has 0 fully saturated rings. The second-order valence-corrected chi connectivity index (χ2v) is 5.77. The number of rotatable bonds is 5. The molecule has 0 spiro atoms. The van der Waals surface area contributed by atoms with E-state index >= 15 is 0 Å². The fourth-order valence-corrected chi connectivity index (χ4v) is 2.63. The predicted molar refractivity (Wildman–Crippen MR) is 81.1 cm³/mol. The van der Waals surface area contributed by atoms with E-state index in [9.17, 15) is 0 Å². The number of aromatic nitrogens is 1. The van der Waals surface area contributed by atoms with E-state index < -0.39 is 0 Å². The Balaban J connectivity index is 1.82. The smallest absolute Gasteiger partial charge is 0.0300 e. The molecule has 3 heteroatoms. The summed E-state index contributed by atoms with van der Waals surface area (Å²) in [5, 5.41) is 0.951. The van der Waals surface area contributed by atoms with Gasteiger partial charge in [-0.3, -0.25) is 4.98 Å². The lowest BCUT2D eigenvalue weighted by molar-refractivity contribution is 0.609. The number of nitrogens with two attached hydrogens (primary N) is 1. The Morgan fingerprint density at radius 2 is 2.26 bits per heavy atom. The molecule has 2 N–H and O–H groups in total. The van der Waals surface area contributed by atoms with Gasteiger partial charge in [-0.15, -0.1) is 0 Å². The van der Waals surface area contributed by atoms with Crippen molar-refractivity contribution < 1.29 is 0 Å². The van der Waals surface area contributed by atoms with Crippen LogP contribution in [0.1, 0.15) is 36.8 Å². The number of hydrogen-bond acceptors (Lipinski definition) is 2. The van der Waals surface area contributed by atoms with E-state index in [1.807, 2.05) is 12.4 Å². The first-order valence-electron chi connectivity index (χ1n) is 6.84. The van der Waals surface area contributed by atoms with Crippen molar-refractivity contribution in [2.75, 3.05) is 0 Å². The van der Waals surface area contributed by atoms with Crippen LogP contribution in [0.3, 0.4) is 0 Å². The van der Waals surface area contributed by atoms with Gasteiger partial charge in [-0.1, -0.05) is 23.7 Å². The lowest BCUT2D eigenvalue weighted by atomic mass is 9.96. The maximum absolute atomic E-state index is 6.20. The highest BCUT2D eigenvalue weighted by molar-refractivity contribution is 6.29. The minimum Gasteiger partial charge on any atom is -0.327 e. The second-order valence-electron chi connectivity index (χ2n) is 5.28. The third-order valence-corrected chi connectivity index (χ3v) is 3.66. The molecule has 0 saturated heterocycles. The fraction of sp³-hybridized carbons (Fsp3) is 0.438. The van der Waals surface area contributed by atoms with Crippen LogP contribution in [0.4, 0.5) is 0 Å². The molecule has 1 aliphatic rings. The van der Waals surface area contributed by atoms with E-state index in [-0.39, 0.29) is 6.04 Å². The molecular weight excluding hydrogens is 256 g/mol. The summed E-state index contributed by atoms with van der Waals surface area (Å²) >= 11 is 6.06. The standard InChI is InChI=1S/C16H21ClN2/c1-12-7-14(11-19-10-12)5-6-16(18)9-13-3-2-4-15(17)8-13/h3,7-8,10-11,16H,2,4-6,9,18H2,1H3. The molecule has 2 nitrogen and oxygen atoms in total. The number of hydrogen-bond donors (Lipinski definition) is 1. The molecule has 0 saturated carbocycles. The summed E-state index contributed by atoms with van der Waals surface area (Å²) in [7, 11) is 0. The van der Waals surface area contributed by atoms with Crippen LogP contribution in [0.25, 0.3) is 0 Å². The van der Waals surface area contributed by atoms with Crippen LogP contribution in [0, 0.1) is 6.92 Å². The molecule has 0 aromatic carbocycles. The van der Waals surface area contributed by atoms with Crippen LogP contribution < -0.4 is 5.73 Å². The highest BCUT2D eigenvalue weighted by Gasteiger charge is 2.09. The molecule has 0 radical (unpaired) electrons. The zero-order valence-corrected chi connectivity index (χ0v) is 12.2. The third kappa shape index (κ3) is 4.81. The summed E-state index contributed by atoms with van der Waals surface area (Å²) in [6.45, 7) is 2.07. The van der Waals surface area contributed by atoms with Gasteiger partial charge in [0.25, 0.3) is 0 Å². The Bertz CT molecular complexity index is 491. The van der Waals surface area contributed by atoms with Crippen LogP contribution in [-0.4, -0.2) is 11.0 Å². The maximum Gasteiger partial charge on any atom is 0.0300 e. The summed E-state index contributed by atoms with van der Waals surface area (Å²) in [6, 6.07) is 2.36. The molecule has 0 amide bonds. The first-order valence-corrected chi connectivity index (χ1v) is 7.22. The first kappa shape index (κ1) is 14.3. The van der Waals surface area contributed by atoms with Crippen molar-refractivity contribution in [3.05, 3.63) is 52.3 Å². The molecule has 19 heavy (non-hydrogen) atoms. The van der Waals surface area contributed by atoms with Gasteiger partial charge in [0.15, 0.2) is 0 Å². The normalized spacial score (nSPS) is 16.8. The maximum atomic E-state index is 6.20. The zero-order valence-electron chi connectivity index (χ0n) is 11.4. The van der Waals surface area contributed by atoms with E-state index in [2.05, 4.69) is 30.1 Å². The van der Waals surface area contributed by atoms with Gasteiger partial charge in [-0.2, -0.15) is 0 Å². The zero-order chi connectivity index (χ0) is 13.7. The summed E-state index contributed by atoms with van der Waals surface area (Å²) in [5.74, 6) is 0. The van der Waals surface area contributed by atoms with Crippen molar-refractivity contribution >= 4 is 11.6 Å². The second kappa shape index (κ2) is 6.88. The van der Waals surface area contributed by atoms with E-state index in [1.165, 1.54) is 16.7 Å². The number of nitrogens with zero attached hydrogens (tertiary/aromatic N) is 1. The van der Waals surface area contributed by atoms with E-state index in [4.69, 9.17) is 17.3 Å². The van der Waals surface area contributed by atoms with Gasteiger partial charge in [-0.25, -0.2) is 0 Å². The van der Waals surface area contributed by atoms with Crippen LogP contribution in [0.2, 0.25) is 0 Å². The molecule has 102 valence electrons. The monoisotopic (exact) mass is 276 g/mol. The van der Waals surface area contributed by atoms with Gasteiger partial charge in [0, 0.05) is 23.5 Å². The van der Waals surface area contributed by atoms with Gasteiger partial charge in [0.05, 0.1) is 0 Å². The Labute approximate surface area is 120 Å². The van der Waals surface area contributed by atoms with Crippen LogP contribution in [0.5, 0.6) is 0 Å². The molecule has 1 aromatic heterocycles. The number of aryl methyl sites for hydroxylation is 2. The molecule has 1 unspecified atom stereocenters. The lowest BCUT2D eigenvalue weighted by Crippen LogP contribution is -2.21. The molecule has 1 aromatic rings. The Kier molecular flexibility index (Phi) is 5.17. The van der Waals surface area contributed by atoms with Crippen molar-refractivity contribution in [1.82, 2.24) is 4.98 Å². The van der Waals surface area contributed by atoms with E-state index in [1.54, 1.807) is 0 Å². The molecule has 1 heterocycles. The highest BCUT2D eigenvalue weighted by Crippen LogP contribution is 2.23. The van der Waals surface area contributed by atoms with Gasteiger partial charge in [0.2, 0.25) is 0 Å². The van der Waals surface area contributed by atoms with Crippen molar-refractivity contribution in [2.45, 2.75) is 45.1 Å². The number of halogens is 1. The molecular formula is C16H21ClN2. The van der Waals surface area contributed by atoms with Gasteiger partial charge in [0.1, 0.15) is 0 Å². The molecule has 1 atom stereocenters.